The number of esters is 1. The van der Waals surface area contributed by atoms with Crippen LogP contribution in [0.2, 0.25) is 0 Å². The Morgan fingerprint density at radius 1 is 1.21 bits per heavy atom. The Hall–Kier alpha value is -1.72. The maximum Gasteiger partial charge on any atom is 0.472 e. The third-order valence-corrected chi connectivity index (χ3v) is 4.42. The van der Waals surface area contributed by atoms with Crippen LogP contribution < -0.4 is 5.73 Å². The van der Waals surface area contributed by atoms with Gasteiger partial charge in [0, 0.05) is 6.54 Å². The van der Waals surface area contributed by atoms with Crippen LogP contribution in [-0.4, -0.2) is 83.7 Å². The summed E-state index contributed by atoms with van der Waals surface area (Å²) in [7, 11) is -0.793. The Balaban J connectivity index is 2.34. The summed E-state index contributed by atoms with van der Waals surface area (Å²) in [6.07, 6.45) is -1.32. The van der Waals surface area contributed by atoms with Gasteiger partial charge in [-0.05, 0) is 38.2 Å². The van der Waals surface area contributed by atoms with Gasteiger partial charge in [0.2, 0.25) is 0 Å². The van der Waals surface area contributed by atoms with E-state index in [-0.39, 0.29) is 24.5 Å². The summed E-state index contributed by atoms with van der Waals surface area (Å²) in [5, 5.41) is 28.4. The van der Waals surface area contributed by atoms with E-state index in [1.165, 1.54) is 18.2 Å². The number of aromatic hydroxyl groups is 2. The van der Waals surface area contributed by atoms with Gasteiger partial charge in [0.25, 0.3) is 0 Å². The number of phenolic OH excluding ortho intramolecular Hbond substituents is 2. The minimum atomic E-state index is -4.32. The minimum Gasteiger partial charge on any atom is -0.504 e. The number of phosphoric ester groups is 1. The van der Waals surface area contributed by atoms with Crippen molar-refractivity contribution in [3.8, 4) is 11.5 Å². The molecule has 0 aliphatic heterocycles. The van der Waals surface area contributed by atoms with Crippen molar-refractivity contribution in [3.05, 3.63) is 23.8 Å². The number of phosphoric acid groups is 1. The summed E-state index contributed by atoms with van der Waals surface area (Å²) in [6, 6.07) is 2.94. The summed E-state index contributed by atoms with van der Waals surface area (Å²) in [5.74, 6) is -1.46. The highest BCUT2D eigenvalue weighted by molar-refractivity contribution is 7.47. The maximum atomic E-state index is 11.9. The van der Waals surface area contributed by atoms with E-state index in [1.807, 2.05) is 0 Å². The van der Waals surface area contributed by atoms with Crippen molar-refractivity contribution in [2.24, 2.45) is 5.73 Å². The molecule has 1 aromatic rings. The zero-order chi connectivity index (χ0) is 21.3. The van der Waals surface area contributed by atoms with E-state index in [4.69, 9.17) is 15.0 Å². The molecule has 6 N–H and O–H groups in total. The van der Waals surface area contributed by atoms with E-state index in [0.717, 1.165) is 0 Å². The second-order valence-electron chi connectivity index (χ2n) is 6.32. The molecular weight excluding hydrogens is 395 g/mol. The second-order valence-corrected chi connectivity index (χ2v) is 7.77. The molecule has 0 aliphatic rings. The first-order valence-electron chi connectivity index (χ1n) is 8.38. The van der Waals surface area contributed by atoms with Crippen molar-refractivity contribution in [2.75, 3.05) is 40.5 Å². The average molecular weight is 422 g/mol. The highest BCUT2D eigenvalue weighted by Gasteiger charge is 2.24. The van der Waals surface area contributed by atoms with Crippen LogP contribution >= 0.6 is 7.82 Å². The zero-order valence-electron chi connectivity index (χ0n) is 15.7. The summed E-state index contributed by atoms with van der Waals surface area (Å²) in [5.41, 5.74) is 6.21. The smallest absolute Gasteiger partial charge is 0.472 e. The molecule has 0 amide bonds. The molecule has 0 saturated carbocycles. The molecule has 0 saturated heterocycles. The monoisotopic (exact) mass is 422 g/mol. The molecule has 11 nitrogen and oxygen atoms in total. The van der Waals surface area contributed by atoms with Crippen molar-refractivity contribution in [3.63, 3.8) is 0 Å². The van der Waals surface area contributed by atoms with E-state index in [1.54, 1.807) is 19.0 Å². The van der Waals surface area contributed by atoms with Gasteiger partial charge in [0.05, 0.1) is 13.2 Å². The first-order chi connectivity index (χ1) is 13.0. The number of aliphatic hydroxyl groups excluding tert-OH is 1. The molecule has 0 heterocycles. The molecule has 3 atom stereocenters. The molecule has 0 spiro atoms. The fraction of sp³-hybridized carbons (Fsp3) is 0.562. The molecule has 0 aromatic heterocycles. The number of aliphatic hydroxyl groups is 1. The van der Waals surface area contributed by atoms with E-state index in [2.05, 4.69) is 4.52 Å². The number of nitrogens with zero attached hydrogens (tertiary/aromatic N) is 1. The van der Waals surface area contributed by atoms with Crippen molar-refractivity contribution >= 4 is 13.8 Å². The predicted octanol–water partition coefficient (Wildman–Crippen LogP) is -0.433. The number of hydrogen-bond acceptors (Lipinski definition) is 10. The van der Waals surface area contributed by atoms with Crippen molar-refractivity contribution in [2.45, 2.75) is 18.6 Å². The first-order valence-corrected chi connectivity index (χ1v) is 9.87. The molecule has 0 radical (unpaired) electrons. The van der Waals surface area contributed by atoms with Gasteiger partial charge in [-0.25, -0.2) is 4.57 Å². The number of hydrogen-bond donors (Lipinski definition) is 5. The molecule has 2 unspecified atom stereocenters. The lowest BCUT2D eigenvalue weighted by Crippen LogP contribution is -2.36. The number of ether oxygens (including phenoxy) is 1. The number of likely N-dealkylation sites (N-methyl/N-ethyl adjacent to an activating group) is 1. The lowest BCUT2D eigenvalue weighted by atomic mass is 10.1. The van der Waals surface area contributed by atoms with Gasteiger partial charge in [0.1, 0.15) is 18.8 Å². The molecule has 0 fully saturated rings. The Labute approximate surface area is 162 Å². The molecule has 1 aromatic carbocycles. The van der Waals surface area contributed by atoms with Gasteiger partial charge >= 0.3 is 13.8 Å². The highest BCUT2D eigenvalue weighted by atomic mass is 31.2. The van der Waals surface area contributed by atoms with Gasteiger partial charge in [-0.2, -0.15) is 0 Å². The van der Waals surface area contributed by atoms with E-state index in [0.29, 0.717) is 12.1 Å². The third-order valence-electron chi connectivity index (χ3n) is 3.44. The Morgan fingerprint density at radius 2 is 1.89 bits per heavy atom. The second kappa shape index (κ2) is 11.3. The number of carbonyl (C=O) groups is 1. The Bertz CT molecular complexity index is 686. The maximum absolute atomic E-state index is 11.9. The van der Waals surface area contributed by atoms with E-state index in [9.17, 15) is 29.6 Å². The van der Waals surface area contributed by atoms with Crippen molar-refractivity contribution in [1.82, 2.24) is 4.90 Å². The molecule has 0 bridgehead atoms. The van der Waals surface area contributed by atoms with Crippen LogP contribution in [0.4, 0.5) is 0 Å². The molecular formula is C16H27N2O9P. The summed E-state index contributed by atoms with van der Waals surface area (Å²) < 4.78 is 25.8. The minimum absolute atomic E-state index is 0.0326. The van der Waals surface area contributed by atoms with E-state index < -0.39 is 39.2 Å². The zero-order valence-corrected chi connectivity index (χ0v) is 16.6. The van der Waals surface area contributed by atoms with Crippen LogP contribution in [-0.2, 0) is 29.6 Å². The summed E-state index contributed by atoms with van der Waals surface area (Å²) in [4.78, 5) is 23.1. The number of carbonyl (C=O) groups excluding carboxylic acids is 1. The number of phenols is 2. The molecule has 12 heteroatoms. The summed E-state index contributed by atoms with van der Waals surface area (Å²) >= 11 is 0. The van der Waals surface area contributed by atoms with Crippen LogP contribution in [0.25, 0.3) is 0 Å². The third kappa shape index (κ3) is 9.47. The molecule has 28 heavy (non-hydrogen) atoms. The number of benzene rings is 1. The largest absolute Gasteiger partial charge is 0.504 e. The number of nitrogens with two attached hydrogens (primary N) is 1. The number of rotatable bonds is 12. The van der Waals surface area contributed by atoms with Crippen molar-refractivity contribution < 1.29 is 43.4 Å². The van der Waals surface area contributed by atoms with Gasteiger partial charge < -0.3 is 35.6 Å². The fourth-order valence-corrected chi connectivity index (χ4v) is 2.67. The highest BCUT2D eigenvalue weighted by Crippen LogP contribution is 2.42. The lowest BCUT2D eigenvalue weighted by molar-refractivity contribution is -0.148. The molecule has 1 rings (SSSR count). The van der Waals surface area contributed by atoms with Gasteiger partial charge in [-0.1, -0.05) is 6.07 Å². The quantitative estimate of drug-likeness (QED) is 0.168. The van der Waals surface area contributed by atoms with Crippen LogP contribution in [0, 0.1) is 0 Å². The normalized spacial score (nSPS) is 15.8. The fourth-order valence-electron chi connectivity index (χ4n) is 1.92. The van der Waals surface area contributed by atoms with E-state index >= 15 is 0 Å². The van der Waals surface area contributed by atoms with Crippen LogP contribution in [0.15, 0.2) is 18.2 Å². The van der Waals surface area contributed by atoms with Gasteiger partial charge in [-0.3, -0.25) is 13.8 Å². The summed E-state index contributed by atoms with van der Waals surface area (Å²) in [6.45, 7) is -0.701. The predicted molar refractivity (Wildman–Crippen MR) is 98.7 cm³/mol. The lowest BCUT2D eigenvalue weighted by Gasteiger charge is -2.17. The average Bonchev–Trinajstić information content (AvgIpc) is 2.60. The first kappa shape index (κ1) is 24.3. The van der Waals surface area contributed by atoms with Crippen LogP contribution in [0.1, 0.15) is 5.56 Å². The van der Waals surface area contributed by atoms with Crippen LogP contribution in [0.5, 0.6) is 11.5 Å². The Morgan fingerprint density at radius 3 is 2.50 bits per heavy atom. The standard InChI is InChI=1S/C16H27N2O9P/c1-18(2)5-6-26-28(23,24)27-10-12(19)9-25-16(22)13(17)7-11-3-4-14(20)15(21)8-11/h3-4,8,12-13,19-21H,5-7,9-10,17H2,1-2H3,(H,23,24)/t12?,13-/m0/s1. The van der Waals surface area contributed by atoms with Gasteiger partial charge in [-0.15, -0.1) is 0 Å². The van der Waals surface area contributed by atoms with Crippen LogP contribution in [0.3, 0.4) is 0 Å². The van der Waals surface area contributed by atoms with Gasteiger partial charge in [0.15, 0.2) is 11.5 Å². The topological polar surface area (TPSA) is 172 Å². The molecule has 0 aliphatic carbocycles. The molecule has 160 valence electrons. The Kier molecular flexibility index (Phi) is 9.83. The SMILES string of the molecule is CN(C)CCOP(=O)(O)OCC(O)COC(=O)[C@@H](N)Cc1ccc(O)c(O)c1. The van der Waals surface area contributed by atoms with Crippen molar-refractivity contribution in [1.29, 1.82) is 0 Å².